The van der Waals surface area contributed by atoms with Crippen LogP contribution in [0.25, 0.3) is 10.4 Å². The van der Waals surface area contributed by atoms with E-state index in [2.05, 4.69) is 31.8 Å². The second kappa shape index (κ2) is 9.57. The van der Waals surface area contributed by atoms with Gasteiger partial charge in [0.1, 0.15) is 5.75 Å². The third-order valence-corrected chi connectivity index (χ3v) is 6.10. The summed E-state index contributed by atoms with van der Waals surface area (Å²) in [6, 6.07) is 12.1. The van der Waals surface area contributed by atoms with Gasteiger partial charge in [-0.1, -0.05) is 39.7 Å². The number of rotatable bonds is 5. The number of hydrazone groups is 1. The summed E-state index contributed by atoms with van der Waals surface area (Å²) >= 11 is 16.0. The molecule has 2 aromatic carbocycles. The third-order valence-electron chi connectivity index (χ3n) is 4.04. The van der Waals surface area contributed by atoms with Crippen molar-refractivity contribution in [1.82, 2.24) is 5.43 Å². The van der Waals surface area contributed by atoms with Crippen LogP contribution in [0, 0.1) is 0 Å². The van der Waals surface area contributed by atoms with Crippen LogP contribution in [0.5, 0.6) is 5.75 Å². The topological polar surface area (TPSA) is 94.0 Å². The Balaban J connectivity index is 1.69. The Labute approximate surface area is 195 Å². The first-order valence-corrected chi connectivity index (χ1v) is 10.9. The normalized spacial score (nSPS) is 11.2. The van der Waals surface area contributed by atoms with E-state index in [0.29, 0.717) is 17.0 Å². The summed E-state index contributed by atoms with van der Waals surface area (Å²) in [5.74, 6) is -0.953. The van der Waals surface area contributed by atoms with Gasteiger partial charge in [0.15, 0.2) is 5.11 Å². The molecule has 0 spiro atoms. The highest BCUT2D eigenvalue weighted by Gasteiger charge is 2.15. The number of benzene rings is 2. The van der Waals surface area contributed by atoms with E-state index in [4.69, 9.17) is 28.9 Å². The van der Waals surface area contributed by atoms with Crippen molar-refractivity contribution in [2.45, 2.75) is 6.92 Å². The van der Waals surface area contributed by atoms with Gasteiger partial charge in [0, 0.05) is 15.5 Å². The average molecular weight is 525 g/mol. The van der Waals surface area contributed by atoms with Gasteiger partial charge in [-0.05, 0) is 55.0 Å². The molecule has 4 N–H and O–H groups in total. The lowest BCUT2D eigenvalue weighted by molar-refractivity contribution is 0.0697. The maximum atomic E-state index is 11.0. The number of hydrogen-bond donors (Lipinski definition) is 4. The molecule has 1 heterocycles. The molecular formula is C20H15BrClN3O3S2. The highest BCUT2D eigenvalue weighted by Crippen LogP contribution is 2.39. The van der Waals surface area contributed by atoms with Crippen LogP contribution in [0.4, 0.5) is 5.69 Å². The molecule has 3 rings (SSSR count). The molecule has 1 aromatic heterocycles. The lowest BCUT2D eigenvalue weighted by Crippen LogP contribution is -2.25. The second-order valence-electron chi connectivity index (χ2n) is 6.10. The van der Waals surface area contributed by atoms with Gasteiger partial charge in [0.25, 0.3) is 0 Å². The summed E-state index contributed by atoms with van der Waals surface area (Å²) < 4.78 is 0.962. The van der Waals surface area contributed by atoms with Crippen LogP contribution in [-0.2, 0) is 0 Å². The first-order valence-electron chi connectivity index (χ1n) is 8.47. The van der Waals surface area contributed by atoms with Crippen molar-refractivity contribution in [2.75, 3.05) is 5.32 Å². The Morgan fingerprint density at radius 3 is 2.53 bits per heavy atom. The zero-order chi connectivity index (χ0) is 21.8. The fourth-order valence-corrected chi connectivity index (χ4v) is 4.24. The Kier molecular flexibility index (Phi) is 7.09. The molecule has 0 atom stereocenters. The number of aromatic hydroxyl groups is 1. The lowest BCUT2D eigenvalue weighted by atomic mass is 10.1. The summed E-state index contributed by atoms with van der Waals surface area (Å²) in [5, 5.41) is 28.8. The standard InChI is InChI=1S/C20H15BrClN3O3S2/c1-10(15-9-30-18(17(15)26)11-2-4-12(21)5-3-11)24-25-20(29)23-13-6-7-14(19(27)28)16(22)8-13/h2-9,26H,1H3,(H,27,28)(H2,23,25,29)/b24-10+. The van der Waals surface area contributed by atoms with Gasteiger partial charge in [-0.25, -0.2) is 4.79 Å². The van der Waals surface area contributed by atoms with Gasteiger partial charge in [0.05, 0.1) is 26.7 Å². The molecule has 30 heavy (non-hydrogen) atoms. The Hall–Kier alpha value is -2.46. The van der Waals surface area contributed by atoms with E-state index in [0.717, 1.165) is 14.9 Å². The van der Waals surface area contributed by atoms with Crippen LogP contribution in [0.2, 0.25) is 5.02 Å². The van der Waals surface area contributed by atoms with Crippen molar-refractivity contribution in [3.63, 3.8) is 0 Å². The van der Waals surface area contributed by atoms with E-state index in [1.807, 2.05) is 29.6 Å². The van der Waals surface area contributed by atoms with Crippen molar-refractivity contribution < 1.29 is 15.0 Å². The number of carboxylic acid groups (broad SMARTS) is 1. The lowest BCUT2D eigenvalue weighted by Gasteiger charge is -2.09. The summed E-state index contributed by atoms with van der Waals surface area (Å²) in [6.45, 7) is 1.75. The molecule has 0 saturated carbocycles. The molecule has 3 aromatic rings. The molecule has 10 heteroatoms. The molecule has 0 saturated heterocycles. The summed E-state index contributed by atoms with van der Waals surface area (Å²) in [5.41, 5.74) is 5.29. The van der Waals surface area contributed by atoms with Crippen LogP contribution in [0.15, 0.2) is 57.4 Å². The SMILES string of the molecule is C/C(=N\NC(=S)Nc1ccc(C(=O)O)c(Cl)c1)c1csc(-c2ccc(Br)cc2)c1O. The number of hydrogen-bond acceptors (Lipinski definition) is 5. The number of nitrogens with one attached hydrogen (secondary N) is 2. The molecular weight excluding hydrogens is 510 g/mol. The monoisotopic (exact) mass is 523 g/mol. The van der Waals surface area contributed by atoms with Crippen LogP contribution in [0.3, 0.4) is 0 Å². The van der Waals surface area contributed by atoms with E-state index >= 15 is 0 Å². The number of carbonyl (C=O) groups is 1. The number of halogens is 2. The smallest absolute Gasteiger partial charge is 0.337 e. The van der Waals surface area contributed by atoms with Crippen LogP contribution >= 0.6 is 51.1 Å². The van der Waals surface area contributed by atoms with Gasteiger partial charge in [0.2, 0.25) is 0 Å². The van der Waals surface area contributed by atoms with Gasteiger partial charge in [-0.3, -0.25) is 5.43 Å². The highest BCUT2D eigenvalue weighted by molar-refractivity contribution is 9.10. The van der Waals surface area contributed by atoms with Crippen LogP contribution < -0.4 is 10.7 Å². The zero-order valence-electron chi connectivity index (χ0n) is 15.4. The maximum absolute atomic E-state index is 11.0. The molecule has 0 aliphatic heterocycles. The number of carboxylic acids is 1. The number of nitrogens with zero attached hydrogens (tertiary/aromatic N) is 1. The molecule has 0 fully saturated rings. The van der Waals surface area contributed by atoms with Crippen molar-refractivity contribution in [1.29, 1.82) is 0 Å². The molecule has 0 aliphatic carbocycles. The van der Waals surface area contributed by atoms with Crippen molar-refractivity contribution in [2.24, 2.45) is 5.10 Å². The highest BCUT2D eigenvalue weighted by atomic mass is 79.9. The van der Waals surface area contributed by atoms with Gasteiger partial charge in [-0.2, -0.15) is 5.10 Å². The fraction of sp³-hybridized carbons (Fsp3) is 0.0500. The number of aromatic carboxylic acids is 1. The van der Waals surface area contributed by atoms with E-state index in [-0.39, 0.29) is 21.4 Å². The summed E-state index contributed by atoms with van der Waals surface area (Å²) in [6.07, 6.45) is 0. The van der Waals surface area contributed by atoms with Crippen molar-refractivity contribution >= 4 is 73.6 Å². The van der Waals surface area contributed by atoms with E-state index < -0.39 is 5.97 Å². The molecule has 0 bridgehead atoms. The average Bonchev–Trinajstić information content (AvgIpc) is 3.08. The number of anilines is 1. The molecule has 0 unspecified atom stereocenters. The Bertz CT molecular complexity index is 1150. The molecule has 0 aliphatic rings. The molecule has 0 radical (unpaired) electrons. The Morgan fingerprint density at radius 1 is 1.20 bits per heavy atom. The Morgan fingerprint density at radius 2 is 1.90 bits per heavy atom. The van der Waals surface area contributed by atoms with Crippen LogP contribution in [0.1, 0.15) is 22.8 Å². The van der Waals surface area contributed by atoms with Crippen molar-refractivity contribution in [3.05, 3.63) is 68.5 Å². The minimum atomic E-state index is -1.11. The maximum Gasteiger partial charge on any atom is 0.337 e. The summed E-state index contributed by atoms with van der Waals surface area (Å²) in [4.78, 5) is 11.8. The number of thiocarbonyl (C=S) groups is 1. The summed E-state index contributed by atoms with van der Waals surface area (Å²) in [7, 11) is 0. The predicted molar refractivity (Wildman–Crippen MR) is 129 cm³/mol. The minimum Gasteiger partial charge on any atom is -0.506 e. The zero-order valence-corrected chi connectivity index (χ0v) is 19.4. The van der Waals surface area contributed by atoms with Crippen molar-refractivity contribution in [3.8, 4) is 16.2 Å². The van der Waals surface area contributed by atoms with E-state index in [9.17, 15) is 9.90 Å². The second-order valence-corrected chi connectivity index (χ2v) is 8.71. The minimum absolute atomic E-state index is 0.00414. The van der Waals surface area contributed by atoms with E-state index in [1.54, 1.807) is 13.0 Å². The van der Waals surface area contributed by atoms with Crippen LogP contribution in [-0.4, -0.2) is 27.0 Å². The van der Waals surface area contributed by atoms with Gasteiger partial charge >= 0.3 is 5.97 Å². The quantitative estimate of drug-likeness (QED) is 0.187. The van der Waals surface area contributed by atoms with Gasteiger partial charge in [-0.15, -0.1) is 11.3 Å². The fourth-order valence-electron chi connectivity index (χ4n) is 2.53. The first-order chi connectivity index (χ1) is 14.3. The largest absolute Gasteiger partial charge is 0.506 e. The van der Waals surface area contributed by atoms with E-state index in [1.165, 1.54) is 23.5 Å². The van der Waals surface area contributed by atoms with Gasteiger partial charge < -0.3 is 15.5 Å². The molecule has 6 nitrogen and oxygen atoms in total. The first kappa shape index (κ1) is 22.2. The number of thiophene rings is 1. The molecule has 0 amide bonds. The molecule has 154 valence electrons. The predicted octanol–water partition coefficient (Wildman–Crippen LogP) is 5.95. The third kappa shape index (κ3) is 5.17.